The molecule has 2 nitrogen and oxygen atoms in total. The SMILES string of the molecule is CCCCCCCC/C=C\CCCCCCCC(=O)c1cccc[n+]1C.[Cl-]. The number of carbonyl (C=O) groups is 1. The van der Waals surface area contributed by atoms with Crippen molar-refractivity contribution in [1.82, 2.24) is 0 Å². The summed E-state index contributed by atoms with van der Waals surface area (Å²) in [5.74, 6) is 0.269. The van der Waals surface area contributed by atoms with Gasteiger partial charge in [-0.1, -0.05) is 70.4 Å². The maximum atomic E-state index is 12.2. The highest BCUT2D eigenvalue weighted by atomic mass is 35.5. The van der Waals surface area contributed by atoms with Crippen molar-refractivity contribution >= 4 is 5.78 Å². The number of hydrogen-bond acceptors (Lipinski definition) is 1. The highest BCUT2D eigenvalue weighted by Gasteiger charge is 2.14. The average Bonchev–Trinajstić information content (AvgIpc) is 2.65. The van der Waals surface area contributed by atoms with Crippen LogP contribution >= 0.6 is 0 Å². The molecule has 0 aliphatic carbocycles. The van der Waals surface area contributed by atoms with Gasteiger partial charge in [0, 0.05) is 18.6 Å². The Morgan fingerprint density at radius 3 is 2.00 bits per heavy atom. The first kappa shape index (κ1) is 25.9. The number of allylic oxidation sites excluding steroid dienone is 2. The maximum Gasteiger partial charge on any atom is 0.248 e. The largest absolute Gasteiger partial charge is 1.00 e. The number of ketones is 1. The van der Waals surface area contributed by atoms with E-state index in [4.69, 9.17) is 0 Å². The summed E-state index contributed by atoms with van der Waals surface area (Å²) in [6, 6.07) is 5.81. The smallest absolute Gasteiger partial charge is 0.248 e. The predicted octanol–water partition coefficient (Wildman–Crippen LogP) is 3.74. The normalized spacial score (nSPS) is 10.9. The molecule has 1 rings (SSSR count). The van der Waals surface area contributed by atoms with E-state index < -0.39 is 0 Å². The maximum absolute atomic E-state index is 12.2. The van der Waals surface area contributed by atoms with Crippen LogP contribution in [0.4, 0.5) is 0 Å². The number of halogens is 1. The summed E-state index contributed by atoms with van der Waals surface area (Å²) in [4.78, 5) is 12.2. The average molecular weight is 394 g/mol. The fourth-order valence-corrected chi connectivity index (χ4v) is 3.30. The molecule has 27 heavy (non-hydrogen) atoms. The standard InChI is InChI=1S/C24H40NO.ClH/c1-3-4-5-6-7-8-9-10-11-12-13-14-15-16-17-21-24(26)23-20-18-19-22-25(23)2;/h10-11,18-20,22H,3-9,12-17,21H2,1-2H3;1H/q+1;/p-1/b11-10-;. The monoisotopic (exact) mass is 393 g/mol. The van der Waals surface area contributed by atoms with E-state index in [9.17, 15) is 4.79 Å². The molecule has 0 spiro atoms. The second-order valence-electron chi connectivity index (χ2n) is 7.45. The number of unbranched alkanes of at least 4 members (excludes halogenated alkanes) is 11. The molecule has 0 saturated heterocycles. The van der Waals surface area contributed by atoms with Gasteiger partial charge in [-0.25, -0.2) is 0 Å². The highest BCUT2D eigenvalue weighted by Crippen LogP contribution is 2.11. The van der Waals surface area contributed by atoms with Crippen LogP contribution in [0.1, 0.15) is 107 Å². The van der Waals surface area contributed by atoms with Crippen molar-refractivity contribution in [3.63, 3.8) is 0 Å². The molecule has 0 aliphatic rings. The highest BCUT2D eigenvalue weighted by molar-refractivity contribution is 5.92. The Labute approximate surface area is 173 Å². The Balaban J connectivity index is 0.00000676. The van der Waals surface area contributed by atoms with E-state index in [1.807, 2.05) is 36.0 Å². The quantitative estimate of drug-likeness (QED) is 0.181. The third-order valence-electron chi connectivity index (χ3n) is 5.01. The van der Waals surface area contributed by atoms with Crippen molar-refractivity contribution < 1.29 is 21.8 Å². The Kier molecular flexibility index (Phi) is 17.4. The van der Waals surface area contributed by atoms with Gasteiger partial charge >= 0.3 is 0 Å². The molecule has 0 amide bonds. The lowest BCUT2D eigenvalue weighted by atomic mass is 10.1. The topological polar surface area (TPSA) is 20.9 Å². The fraction of sp³-hybridized carbons (Fsp3) is 0.667. The lowest BCUT2D eigenvalue weighted by Gasteiger charge is -2.01. The molecular weight excluding hydrogens is 354 g/mol. The number of hydrogen-bond donors (Lipinski definition) is 0. The zero-order chi connectivity index (χ0) is 18.9. The Morgan fingerprint density at radius 1 is 0.852 bits per heavy atom. The minimum atomic E-state index is 0. The molecule has 0 unspecified atom stereocenters. The van der Waals surface area contributed by atoms with E-state index >= 15 is 0 Å². The van der Waals surface area contributed by atoms with Gasteiger partial charge in [-0.3, -0.25) is 4.79 Å². The molecule has 0 saturated carbocycles. The van der Waals surface area contributed by atoms with Gasteiger partial charge in [0.05, 0.1) is 0 Å². The van der Waals surface area contributed by atoms with E-state index in [1.54, 1.807) is 0 Å². The van der Waals surface area contributed by atoms with Gasteiger partial charge in [0.25, 0.3) is 0 Å². The molecule has 154 valence electrons. The summed E-state index contributed by atoms with van der Waals surface area (Å²) >= 11 is 0. The van der Waals surface area contributed by atoms with Crippen LogP contribution < -0.4 is 17.0 Å². The number of rotatable bonds is 16. The van der Waals surface area contributed by atoms with E-state index in [2.05, 4.69) is 19.1 Å². The van der Waals surface area contributed by atoms with Crippen LogP contribution in [0.3, 0.4) is 0 Å². The van der Waals surface area contributed by atoms with Gasteiger partial charge in [0.15, 0.2) is 6.20 Å². The van der Waals surface area contributed by atoms with Gasteiger partial charge in [0.1, 0.15) is 7.05 Å². The lowest BCUT2D eigenvalue weighted by molar-refractivity contribution is -0.673. The molecule has 1 aromatic heterocycles. The molecule has 1 aromatic rings. The molecule has 3 heteroatoms. The molecule has 0 atom stereocenters. The van der Waals surface area contributed by atoms with Crippen LogP contribution in [0, 0.1) is 0 Å². The first-order valence-electron chi connectivity index (χ1n) is 10.9. The Morgan fingerprint density at radius 2 is 1.41 bits per heavy atom. The van der Waals surface area contributed by atoms with Gasteiger partial charge in [-0.05, 0) is 38.2 Å². The summed E-state index contributed by atoms with van der Waals surface area (Å²) in [5, 5.41) is 0. The van der Waals surface area contributed by atoms with Gasteiger partial charge in [0.2, 0.25) is 11.5 Å². The lowest BCUT2D eigenvalue weighted by Crippen LogP contribution is -3.00. The van der Waals surface area contributed by atoms with Crippen molar-refractivity contribution in [1.29, 1.82) is 0 Å². The summed E-state index contributed by atoms with van der Waals surface area (Å²) in [5.41, 5.74) is 0.822. The number of aromatic nitrogens is 1. The minimum absolute atomic E-state index is 0. The molecule has 0 fully saturated rings. The molecular formula is C24H40ClNO. The molecule has 1 heterocycles. The van der Waals surface area contributed by atoms with E-state index in [1.165, 1.54) is 77.0 Å². The van der Waals surface area contributed by atoms with Crippen LogP contribution in [0.2, 0.25) is 0 Å². The van der Waals surface area contributed by atoms with Crippen LogP contribution in [0.15, 0.2) is 36.5 Å². The Bertz CT molecular complexity index is 513. The zero-order valence-electron chi connectivity index (χ0n) is 17.6. The number of Topliss-reactive ketones (excluding diaryl/α,β-unsaturated/α-hetero) is 1. The molecule has 0 N–H and O–H groups in total. The molecule has 0 aromatic carbocycles. The van der Waals surface area contributed by atoms with Gasteiger partial charge in [-0.2, -0.15) is 4.57 Å². The second kappa shape index (κ2) is 18.2. The number of aryl methyl sites for hydroxylation is 1. The minimum Gasteiger partial charge on any atom is -1.00 e. The van der Waals surface area contributed by atoms with Crippen LogP contribution in [0.25, 0.3) is 0 Å². The first-order chi connectivity index (χ1) is 12.8. The zero-order valence-corrected chi connectivity index (χ0v) is 18.4. The first-order valence-corrected chi connectivity index (χ1v) is 10.9. The molecule has 0 radical (unpaired) electrons. The van der Waals surface area contributed by atoms with Crippen molar-refractivity contribution in [2.24, 2.45) is 7.05 Å². The predicted molar refractivity (Wildman–Crippen MR) is 111 cm³/mol. The van der Waals surface area contributed by atoms with Crippen LogP contribution in [-0.2, 0) is 7.05 Å². The summed E-state index contributed by atoms with van der Waals surface area (Å²) < 4.78 is 1.92. The van der Waals surface area contributed by atoms with E-state index in [0.717, 1.165) is 12.1 Å². The van der Waals surface area contributed by atoms with Crippen LogP contribution in [-0.4, -0.2) is 5.78 Å². The number of carbonyl (C=O) groups excluding carboxylic acids is 1. The molecule has 0 bridgehead atoms. The number of nitrogens with zero attached hydrogens (tertiary/aromatic N) is 1. The molecule has 0 aliphatic heterocycles. The summed E-state index contributed by atoms with van der Waals surface area (Å²) in [6.45, 7) is 2.27. The third kappa shape index (κ3) is 13.6. The summed E-state index contributed by atoms with van der Waals surface area (Å²) in [6.07, 6.45) is 24.1. The Hall–Kier alpha value is -1.15. The van der Waals surface area contributed by atoms with E-state index in [-0.39, 0.29) is 18.2 Å². The van der Waals surface area contributed by atoms with Gasteiger partial charge in [-0.15, -0.1) is 0 Å². The fourth-order valence-electron chi connectivity index (χ4n) is 3.30. The third-order valence-corrected chi connectivity index (χ3v) is 5.01. The van der Waals surface area contributed by atoms with Crippen molar-refractivity contribution in [3.05, 3.63) is 42.2 Å². The van der Waals surface area contributed by atoms with E-state index in [0.29, 0.717) is 6.42 Å². The summed E-state index contributed by atoms with van der Waals surface area (Å²) in [7, 11) is 1.94. The van der Waals surface area contributed by atoms with Gasteiger partial charge < -0.3 is 12.4 Å². The second-order valence-corrected chi connectivity index (χ2v) is 7.45. The van der Waals surface area contributed by atoms with Crippen molar-refractivity contribution in [3.8, 4) is 0 Å². The van der Waals surface area contributed by atoms with Crippen molar-refractivity contribution in [2.75, 3.05) is 0 Å². The number of pyridine rings is 1. The van der Waals surface area contributed by atoms with Crippen LogP contribution in [0.5, 0.6) is 0 Å². The van der Waals surface area contributed by atoms with Crippen molar-refractivity contribution in [2.45, 2.75) is 96.8 Å².